The van der Waals surface area contributed by atoms with Gasteiger partial charge in [-0.15, -0.1) is 0 Å². The van der Waals surface area contributed by atoms with Gasteiger partial charge in [-0.2, -0.15) is 0 Å². The summed E-state index contributed by atoms with van der Waals surface area (Å²) in [6.45, 7) is 2.79. The number of aryl methyl sites for hydroxylation is 1. The average molecular weight is 298 g/mol. The van der Waals surface area contributed by atoms with E-state index in [1.165, 1.54) is 0 Å². The molecule has 0 fully saturated rings. The van der Waals surface area contributed by atoms with Crippen LogP contribution >= 0.6 is 0 Å². The molecule has 0 radical (unpaired) electrons. The maximum absolute atomic E-state index is 13.4. The summed E-state index contributed by atoms with van der Waals surface area (Å²) in [5.41, 5.74) is 0.652. The van der Waals surface area contributed by atoms with Gasteiger partial charge in [-0.1, -0.05) is 6.92 Å². The summed E-state index contributed by atoms with van der Waals surface area (Å²) in [6, 6.07) is 2.04. The van der Waals surface area contributed by atoms with Gasteiger partial charge in [-0.3, -0.25) is 4.79 Å². The summed E-state index contributed by atoms with van der Waals surface area (Å²) >= 11 is 0. The summed E-state index contributed by atoms with van der Waals surface area (Å²) in [6.07, 6.45) is 0.698. The van der Waals surface area contributed by atoms with Crippen LogP contribution in [0.1, 0.15) is 25.6 Å². The van der Waals surface area contributed by atoms with Gasteiger partial charge in [0.2, 0.25) is 0 Å². The highest BCUT2D eigenvalue weighted by Gasteiger charge is 2.15. The fourth-order valence-electron chi connectivity index (χ4n) is 2.04. The summed E-state index contributed by atoms with van der Waals surface area (Å²) in [5.74, 6) is -2.48. The molecule has 1 N–H and O–H groups in total. The van der Waals surface area contributed by atoms with E-state index in [1.807, 2.05) is 6.92 Å². The number of aromatic nitrogens is 2. The minimum Gasteiger partial charge on any atom is -0.481 e. The smallest absolute Gasteiger partial charge is 0.305 e. The second kappa shape index (κ2) is 6.62. The molecule has 1 aromatic heterocycles. The first-order chi connectivity index (χ1) is 10.0. The molecule has 0 saturated heterocycles. The fourth-order valence-corrected chi connectivity index (χ4v) is 2.04. The lowest BCUT2D eigenvalue weighted by Crippen LogP contribution is -2.09. The summed E-state index contributed by atoms with van der Waals surface area (Å²) in [7, 11) is 0. The lowest BCUT2D eigenvalue weighted by atomic mass is 10.3. The van der Waals surface area contributed by atoms with Crippen LogP contribution in [-0.2, 0) is 22.7 Å². The molecule has 0 aliphatic heterocycles. The third-order valence-electron chi connectivity index (χ3n) is 3.00. The van der Waals surface area contributed by atoms with Crippen molar-refractivity contribution in [2.24, 2.45) is 0 Å². The number of aliphatic carboxylic acids is 1. The molecule has 0 spiro atoms. The summed E-state index contributed by atoms with van der Waals surface area (Å²) in [5, 5.41) is 8.79. The van der Waals surface area contributed by atoms with Crippen LogP contribution in [-0.4, -0.2) is 27.2 Å². The first kappa shape index (κ1) is 15.4. The average Bonchev–Trinajstić information content (AvgIpc) is 2.74. The number of carboxylic acid groups (broad SMARTS) is 1. The van der Waals surface area contributed by atoms with Gasteiger partial charge in [0.05, 0.1) is 17.5 Å². The van der Waals surface area contributed by atoms with Gasteiger partial charge in [0.15, 0.2) is 11.6 Å². The number of carboxylic acids is 1. The molecular formula is C14H16F2N2O3. The Hall–Kier alpha value is -2.02. The Labute approximate surface area is 120 Å². The number of fused-ring (bicyclic) bond motifs is 1. The Bertz CT molecular complexity index is 655. The first-order valence-corrected chi connectivity index (χ1v) is 6.66. The van der Waals surface area contributed by atoms with Crippen molar-refractivity contribution < 1.29 is 23.4 Å². The minimum atomic E-state index is -0.986. The summed E-state index contributed by atoms with van der Waals surface area (Å²) < 4.78 is 33.6. The van der Waals surface area contributed by atoms with Gasteiger partial charge in [0.25, 0.3) is 0 Å². The van der Waals surface area contributed by atoms with E-state index < -0.39 is 17.6 Å². The molecule has 2 rings (SSSR count). The number of nitrogens with zero attached hydrogens (tertiary/aromatic N) is 2. The van der Waals surface area contributed by atoms with E-state index in [1.54, 1.807) is 4.57 Å². The van der Waals surface area contributed by atoms with Crippen molar-refractivity contribution in [1.82, 2.24) is 9.55 Å². The van der Waals surface area contributed by atoms with Crippen molar-refractivity contribution in [2.75, 3.05) is 6.61 Å². The highest BCUT2D eigenvalue weighted by atomic mass is 19.2. The number of hydrogen-bond acceptors (Lipinski definition) is 3. The number of benzene rings is 1. The van der Waals surface area contributed by atoms with Crippen molar-refractivity contribution in [3.63, 3.8) is 0 Å². The van der Waals surface area contributed by atoms with Crippen molar-refractivity contribution in [2.45, 2.75) is 32.9 Å². The molecule has 0 aliphatic carbocycles. The van der Waals surface area contributed by atoms with Gasteiger partial charge in [0, 0.05) is 25.3 Å². The Kier molecular flexibility index (Phi) is 4.85. The van der Waals surface area contributed by atoms with E-state index in [4.69, 9.17) is 9.84 Å². The molecule has 21 heavy (non-hydrogen) atoms. The SMILES string of the molecule is CCCOCc1nc2cc(F)c(F)cc2n1CCC(=O)O. The number of hydrogen-bond donors (Lipinski definition) is 1. The first-order valence-electron chi connectivity index (χ1n) is 6.66. The summed E-state index contributed by atoms with van der Waals surface area (Å²) in [4.78, 5) is 14.9. The fraction of sp³-hybridized carbons (Fsp3) is 0.429. The standard InChI is InChI=1S/C14H16F2N2O3/c1-2-5-21-8-13-17-11-6-9(15)10(16)7-12(11)18(13)4-3-14(19)20/h6-7H,2-5,8H2,1H3,(H,19,20). The van der Waals surface area contributed by atoms with Crippen LogP contribution < -0.4 is 0 Å². The van der Waals surface area contributed by atoms with E-state index in [9.17, 15) is 13.6 Å². The minimum absolute atomic E-state index is 0.127. The second-order valence-electron chi connectivity index (χ2n) is 4.63. The van der Waals surface area contributed by atoms with Crippen LogP contribution in [0.5, 0.6) is 0 Å². The third-order valence-corrected chi connectivity index (χ3v) is 3.00. The van der Waals surface area contributed by atoms with Gasteiger partial charge in [-0.25, -0.2) is 13.8 Å². The topological polar surface area (TPSA) is 64.4 Å². The molecule has 0 bridgehead atoms. The van der Waals surface area contributed by atoms with Crippen molar-refractivity contribution in [3.8, 4) is 0 Å². The quantitative estimate of drug-likeness (QED) is 0.798. The van der Waals surface area contributed by atoms with Crippen LogP contribution in [0.15, 0.2) is 12.1 Å². The number of rotatable bonds is 7. The lowest BCUT2D eigenvalue weighted by Gasteiger charge is -2.08. The molecule has 0 aliphatic rings. The zero-order valence-corrected chi connectivity index (χ0v) is 11.6. The second-order valence-corrected chi connectivity index (χ2v) is 4.63. The normalized spacial score (nSPS) is 11.2. The van der Waals surface area contributed by atoms with E-state index in [0.29, 0.717) is 17.9 Å². The molecule has 7 heteroatoms. The van der Waals surface area contributed by atoms with Crippen molar-refractivity contribution in [1.29, 1.82) is 0 Å². The predicted octanol–water partition coefficient (Wildman–Crippen LogP) is 2.72. The monoisotopic (exact) mass is 298 g/mol. The molecule has 0 amide bonds. The molecule has 114 valence electrons. The molecule has 0 unspecified atom stereocenters. The van der Waals surface area contributed by atoms with Crippen LogP contribution in [0.3, 0.4) is 0 Å². The van der Waals surface area contributed by atoms with Gasteiger partial charge < -0.3 is 14.4 Å². The van der Waals surface area contributed by atoms with Crippen LogP contribution in [0.25, 0.3) is 11.0 Å². The van der Waals surface area contributed by atoms with Gasteiger partial charge in [-0.05, 0) is 6.42 Å². The van der Waals surface area contributed by atoms with E-state index in [2.05, 4.69) is 4.98 Å². The highest BCUT2D eigenvalue weighted by Crippen LogP contribution is 2.21. The number of carbonyl (C=O) groups is 1. The Morgan fingerprint density at radius 1 is 1.38 bits per heavy atom. The van der Waals surface area contributed by atoms with E-state index >= 15 is 0 Å². The Morgan fingerprint density at radius 3 is 2.76 bits per heavy atom. The molecule has 0 atom stereocenters. The zero-order valence-electron chi connectivity index (χ0n) is 11.6. The van der Waals surface area contributed by atoms with Gasteiger partial charge in [0.1, 0.15) is 12.4 Å². The van der Waals surface area contributed by atoms with Crippen molar-refractivity contribution >= 4 is 17.0 Å². The maximum Gasteiger partial charge on any atom is 0.305 e. The number of imidazole rings is 1. The predicted molar refractivity (Wildman–Crippen MR) is 71.8 cm³/mol. The molecule has 5 nitrogen and oxygen atoms in total. The van der Waals surface area contributed by atoms with Crippen LogP contribution in [0, 0.1) is 11.6 Å². The Morgan fingerprint density at radius 2 is 2.10 bits per heavy atom. The largest absolute Gasteiger partial charge is 0.481 e. The number of halogens is 2. The maximum atomic E-state index is 13.4. The van der Waals surface area contributed by atoms with E-state index in [0.717, 1.165) is 18.6 Å². The van der Waals surface area contributed by atoms with Crippen LogP contribution in [0.4, 0.5) is 8.78 Å². The third kappa shape index (κ3) is 3.55. The van der Waals surface area contributed by atoms with E-state index in [-0.39, 0.29) is 25.1 Å². The molecular weight excluding hydrogens is 282 g/mol. The van der Waals surface area contributed by atoms with Gasteiger partial charge >= 0.3 is 5.97 Å². The lowest BCUT2D eigenvalue weighted by molar-refractivity contribution is -0.137. The molecule has 0 saturated carbocycles. The Balaban J connectivity index is 2.39. The molecule has 2 aromatic rings. The highest BCUT2D eigenvalue weighted by molar-refractivity contribution is 5.76. The van der Waals surface area contributed by atoms with Crippen molar-refractivity contribution in [3.05, 3.63) is 29.6 Å². The number of ether oxygens (including phenoxy) is 1. The molecule has 1 heterocycles. The molecule has 1 aromatic carbocycles. The zero-order chi connectivity index (χ0) is 15.4. The van der Waals surface area contributed by atoms with Crippen LogP contribution in [0.2, 0.25) is 0 Å².